The average molecular weight is 476 g/mol. The van der Waals surface area contributed by atoms with Gasteiger partial charge in [0.1, 0.15) is 11.5 Å². The number of hydrogen-bond donors (Lipinski definition) is 2. The van der Waals surface area contributed by atoms with Crippen LogP contribution in [0.25, 0.3) is 0 Å². The number of benzene rings is 2. The van der Waals surface area contributed by atoms with E-state index in [4.69, 9.17) is 9.47 Å². The Morgan fingerprint density at radius 1 is 1.12 bits per heavy atom. The first kappa shape index (κ1) is 22.5. The van der Waals surface area contributed by atoms with Crippen molar-refractivity contribution in [3.63, 3.8) is 0 Å². The lowest BCUT2D eigenvalue weighted by Gasteiger charge is -2.11. The highest BCUT2D eigenvalue weighted by molar-refractivity contribution is 8.15. The van der Waals surface area contributed by atoms with E-state index in [0.29, 0.717) is 18.5 Å². The second-order valence-corrected chi connectivity index (χ2v) is 11.0. The van der Waals surface area contributed by atoms with Gasteiger partial charge in [-0.1, -0.05) is 11.8 Å². The van der Waals surface area contributed by atoms with Crippen molar-refractivity contribution < 1.29 is 22.7 Å². The first-order chi connectivity index (χ1) is 15.4. The van der Waals surface area contributed by atoms with Gasteiger partial charge in [-0.2, -0.15) is 0 Å². The molecule has 2 unspecified atom stereocenters. The summed E-state index contributed by atoms with van der Waals surface area (Å²) in [5.41, 5.74) is 2.31. The minimum atomic E-state index is -2.96. The number of amidine groups is 1. The summed E-state index contributed by atoms with van der Waals surface area (Å²) < 4.78 is 34.0. The maximum absolute atomic E-state index is 12.5. The van der Waals surface area contributed by atoms with E-state index in [0.717, 1.165) is 27.9 Å². The molecule has 0 aromatic heterocycles. The number of carbonyl (C=O) groups is 1. The molecule has 0 saturated carbocycles. The number of ether oxygens (including phenoxy) is 2. The minimum absolute atomic E-state index is 0.00393. The predicted octanol–water partition coefficient (Wildman–Crippen LogP) is 2.36. The SMILES string of the molecule is COc1ccc(OC)c(CCNC(=O)c2ccc(NC3=NC4CS(=O)(=O)CC4S3)cc2)c1. The van der Waals surface area contributed by atoms with Crippen molar-refractivity contribution in [2.45, 2.75) is 17.7 Å². The Balaban J connectivity index is 1.29. The fraction of sp³-hybridized carbons (Fsp3) is 0.364. The molecule has 4 rings (SSSR count). The molecule has 2 aromatic carbocycles. The highest BCUT2D eigenvalue weighted by Gasteiger charge is 2.42. The Hall–Kier alpha value is -2.72. The van der Waals surface area contributed by atoms with Crippen molar-refractivity contribution in [3.8, 4) is 11.5 Å². The fourth-order valence-corrected chi connectivity index (χ4v) is 7.41. The van der Waals surface area contributed by atoms with Crippen LogP contribution in [0.5, 0.6) is 11.5 Å². The molecule has 0 radical (unpaired) electrons. The number of hydrogen-bond acceptors (Lipinski definition) is 8. The van der Waals surface area contributed by atoms with Crippen molar-refractivity contribution in [2.24, 2.45) is 4.99 Å². The van der Waals surface area contributed by atoms with Crippen LogP contribution in [0.1, 0.15) is 15.9 Å². The van der Waals surface area contributed by atoms with Crippen LogP contribution >= 0.6 is 11.8 Å². The third kappa shape index (κ3) is 5.18. The summed E-state index contributed by atoms with van der Waals surface area (Å²) in [4.78, 5) is 17.0. The van der Waals surface area contributed by atoms with E-state index in [1.807, 2.05) is 30.3 Å². The van der Waals surface area contributed by atoms with Crippen LogP contribution in [0.2, 0.25) is 0 Å². The van der Waals surface area contributed by atoms with Gasteiger partial charge in [0.15, 0.2) is 15.0 Å². The van der Waals surface area contributed by atoms with Crippen LogP contribution in [0.3, 0.4) is 0 Å². The molecular formula is C22H25N3O5S2. The quantitative estimate of drug-likeness (QED) is 0.633. The van der Waals surface area contributed by atoms with E-state index in [1.54, 1.807) is 26.4 Å². The number of carbonyl (C=O) groups excluding carboxylic acids is 1. The van der Waals surface area contributed by atoms with Crippen LogP contribution in [-0.4, -0.2) is 63.1 Å². The summed E-state index contributed by atoms with van der Waals surface area (Å²) >= 11 is 1.46. The van der Waals surface area contributed by atoms with Gasteiger partial charge in [0.05, 0.1) is 31.8 Å². The smallest absolute Gasteiger partial charge is 0.251 e. The van der Waals surface area contributed by atoms with Crippen LogP contribution in [0, 0.1) is 0 Å². The maximum atomic E-state index is 12.5. The Bertz CT molecular complexity index is 1130. The second-order valence-electron chi connectivity index (χ2n) is 7.62. The standard InChI is InChI=1S/C22H25N3O5S2/c1-29-17-7-8-19(30-2)15(11-17)9-10-23-21(26)14-3-5-16(6-4-14)24-22-25-18-12-32(27,28)13-20(18)31-22/h3-8,11,18,20H,9-10,12-13H2,1-2H3,(H,23,26)(H,24,25). The molecule has 1 amide bonds. The van der Waals surface area contributed by atoms with E-state index >= 15 is 0 Å². The van der Waals surface area contributed by atoms with E-state index in [9.17, 15) is 13.2 Å². The first-order valence-corrected chi connectivity index (χ1v) is 12.9. The monoisotopic (exact) mass is 475 g/mol. The topological polar surface area (TPSA) is 106 Å². The Labute approximate surface area is 191 Å². The van der Waals surface area contributed by atoms with Crippen molar-refractivity contribution in [2.75, 3.05) is 37.6 Å². The molecule has 2 atom stereocenters. The van der Waals surface area contributed by atoms with Crippen molar-refractivity contribution in [1.82, 2.24) is 5.32 Å². The molecule has 2 N–H and O–H groups in total. The van der Waals surface area contributed by atoms with Gasteiger partial charge in [0, 0.05) is 23.0 Å². The number of sulfone groups is 1. The van der Waals surface area contributed by atoms with E-state index in [-0.39, 0.29) is 28.7 Å². The highest BCUT2D eigenvalue weighted by atomic mass is 32.2. The molecule has 2 aliphatic heterocycles. The minimum Gasteiger partial charge on any atom is -0.497 e. The second kappa shape index (κ2) is 9.41. The molecule has 0 aliphatic carbocycles. The highest BCUT2D eigenvalue weighted by Crippen LogP contribution is 2.34. The number of methoxy groups -OCH3 is 2. The van der Waals surface area contributed by atoms with Crippen LogP contribution in [0.15, 0.2) is 47.5 Å². The zero-order valence-corrected chi connectivity index (χ0v) is 19.5. The number of aliphatic imine (C=N–C) groups is 1. The maximum Gasteiger partial charge on any atom is 0.251 e. The van der Waals surface area contributed by atoms with E-state index < -0.39 is 9.84 Å². The molecule has 0 spiro atoms. The summed E-state index contributed by atoms with van der Waals surface area (Å²) in [5.74, 6) is 1.63. The van der Waals surface area contributed by atoms with Crippen LogP contribution < -0.4 is 20.1 Å². The summed E-state index contributed by atoms with van der Waals surface area (Å²) in [6.45, 7) is 0.460. The number of rotatable bonds is 7. The summed E-state index contributed by atoms with van der Waals surface area (Å²) in [5, 5.41) is 6.85. The van der Waals surface area contributed by atoms with Gasteiger partial charge in [-0.3, -0.25) is 9.79 Å². The van der Waals surface area contributed by atoms with Gasteiger partial charge < -0.3 is 20.1 Å². The lowest BCUT2D eigenvalue weighted by atomic mass is 10.1. The van der Waals surface area contributed by atoms with Crippen molar-refractivity contribution >= 4 is 38.4 Å². The Kier molecular flexibility index (Phi) is 6.61. The molecule has 1 fully saturated rings. The van der Waals surface area contributed by atoms with Gasteiger partial charge >= 0.3 is 0 Å². The number of nitrogens with one attached hydrogen (secondary N) is 2. The summed E-state index contributed by atoms with van der Waals surface area (Å²) in [6.07, 6.45) is 0.612. The predicted molar refractivity (Wildman–Crippen MR) is 127 cm³/mol. The van der Waals surface area contributed by atoms with Gasteiger partial charge in [0.2, 0.25) is 0 Å². The molecule has 32 heavy (non-hydrogen) atoms. The summed E-state index contributed by atoms with van der Waals surface area (Å²) in [6, 6.07) is 12.5. The van der Waals surface area contributed by atoms with Crippen LogP contribution in [-0.2, 0) is 16.3 Å². The van der Waals surface area contributed by atoms with E-state index in [2.05, 4.69) is 15.6 Å². The van der Waals surface area contributed by atoms with Crippen molar-refractivity contribution in [1.29, 1.82) is 0 Å². The third-order valence-electron chi connectivity index (χ3n) is 5.38. The molecule has 8 nitrogen and oxygen atoms in total. The number of anilines is 1. The lowest BCUT2D eigenvalue weighted by Crippen LogP contribution is -2.25. The number of nitrogens with zero attached hydrogens (tertiary/aromatic N) is 1. The Morgan fingerprint density at radius 3 is 2.59 bits per heavy atom. The Morgan fingerprint density at radius 2 is 1.91 bits per heavy atom. The average Bonchev–Trinajstić information content (AvgIpc) is 3.26. The molecule has 170 valence electrons. The third-order valence-corrected chi connectivity index (χ3v) is 8.53. The molecule has 0 bridgehead atoms. The molecule has 1 saturated heterocycles. The summed E-state index contributed by atoms with van der Waals surface area (Å²) in [7, 11) is 0.262. The van der Waals surface area contributed by atoms with Gasteiger partial charge in [0.25, 0.3) is 5.91 Å². The van der Waals surface area contributed by atoms with Crippen molar-refractivity contribution in [3.05, 3.63) is 53.6 Å². The number of fused-ring (bicyclic) bond motifs is 1. The molecular weight excluding hydrogens is 450 g/mol. The fourth-order valence-electron chi connectivity index (χ4n) is 3.73. The van der Waals surface area contributed by atoms with Gasteiger partial charge in [-0.15, -0.1) is 0 Å². The van der Waals surface area contributed by atoms with Gasteiger partial charge in [-0.25, -0.2) is 8.42 Å². The lowest BCUT2D eigenvalue weighted by molar-refractivity contribution is 0.0954. The van der Waals surface area contributed by atoms with E-state index in [1.165, 1.54) is 11.8 Å². The largest absolute Gasteiger partial charge is 0.497 e. The number of thioether (sulfide) groups is 1. The molecule has 2 aliphatic rings. The van der Waals surface area contributed by atoms with Gasteiger partial charge in [-0.05, 0) is 54.4 Å². The molecule has 2 heterocycles. The molecule has 10 heteroatoms. The normalized spacial score (nSPS) is 20.9. The number of amides is 1. The zero-order chi connectivity index (χ0) is 22.7. The first-order valence-electron chi connectivity index (χ1n) is 10.2. The molecule has 2 aromatic rings. The van der Waals surface area contributed by atoms with Crippen LogP contribution in [0.4, 0.5) is 5.69 Å². The zero-order valence-electron chi connectivity index (χ0n) is 17.8.